The highest BCUT2D eigenvalue weighted by Gasteiger charge is 2.38. The van der Waals surface area contributed by atoms with Crippen LogP contribution in [-0.4, -0.2) is 33.4 Å². The number of nitrogens with one attached hydrogen (secondary N) is 2. The van der Waals surface area contributed by atoms with Gasteiger partial charge in [0.25, 0.3) is 0 Å². The van der Waals surface area contributed by atoms with E-state index in [1.165, 1.54) is 0 Å². The molecule has 1 aliphatic carbocycles. The number of alkyl carbamates (subject to hydrolysis) is 1. The summed E-state index contributed by atoms with van der Waals surface area (Å²) in [4.78, 5) is 11.7. The van der Waals surface area contributed by atoms with Crippen LogP contribution in [0.15, 0.2) is 30.6 Å². The van der Waals surface area contributed by atoms with Gasteiger partial charge >= 0.3 is 6.09 Å². The number of hydrogen-bond acceptors (Lipinski definition) is 4. The number of carbonyl (C=O) groups excluding carboxylic acids is 1. The van der Waals surface area contributed by atoms with Crippen LogP contribution in [0.1, 0.15) is 32.8 Å². The number of ether oxygens (including phenoxy) is 1. The van der Waals surface area contributed by atoms with Gasteiger partial charge in [0, 0.05) is 30.4 Å². The fourth-order valence-corrected chi connectivity index (χ4v) is 2.40. The summed E-state index contributed by atoms with van der Waals surface area (Å²) in [7, 11) is 0. The number of nitrogens with zero attached hydrogens (tertiary/aromatic N) is 2. The molecule has 2 aromatic rings. The topological polar surface area (TPSA) is 67.7 Å². The van der Waals surface area contributed by atoms with Crippen molar-refractivity contribution in [3.8, 4) is 0 Å². The Labute approximate surface area is 129 Å². The van der Waals surface area contributed by atoms with Crippen molar-refractivity contribution in [2.24, 2.45) is 0 Å². The number of pyridine rings is 1. The second-order valence-corrected chi connectivity index (χ2v) is 6.68. The summed E-state index contributed by atoms with van der Waals surface area (Å²) in [5.74, 6) is 0. The highest BCUT2D eigenvalue weighted by atomic mass is 16.6. The zero-order valence-electron chi connectivity index (χ0n) is 13.2. The van der Waals surface area contributed by atoms with Crippen LogP contribution in [0.3, 0.4) is 0 Å². The van der Waals surface area contributed by atoms with Gasteiger partial charge in [0.1, 0.15) is 5.60 Å². The first-order valence-electron chi connectivity index (χ1n) is 7.56. The van der Waals surface area contributed by atoms with E-state index in [0.29, 0.717) is 6.04 Å². The van der Waals surface area contributed by atoms with Crippen LogP contribution in [0.25, 0.3) is 5.52 Å². The third-order valence-corrected chi connectivity index (χ3v) is 3.55. The molecule has 6 nitrogen and oxygen atoms in total. The molecule has 22 heavy (non-hydrogen) atoms. The van der Waals surface area contributed by atoms with E-state index in [4.69, 9.17) is 4.74 Å². The molecule has 0 spiro atoms. The second-order valence-electron chi connectivity index (χ2n) is 6.68. The van der Waals surface area contributed by atoms with E-state index in [1.54, 1.807) is 0 Å². The van der Waals surface area contributed by atoms with E-state index in [1.807, 2.05) is 55.9 Å². The normalized spacial score (nSPS) is 20.9. The monoisotopic (exact) mass is 302 g/mol. The maximum absolute atomic E-state index is 11.7. The van der Waals surface area contributed by atoms with Gasteiger partial charge in [-0.15, -0.1) is 0 Å². The molecule has 2 atom stereocenters. The summed E-state index contributed by atoms with van der Waals surface area (Å²) >= 11 is 0. The number of fused-ring (bicyclic) bond motifs is 1. The Kier molecular flexibility index (Phi) is 3.78. The predicted molar refractivity (Wildman–Crippen MR) is 83.6 cm³/mol. The van der Waals surface area contributed by atoms with Crippen molar-refractivity contribution in [1.29, 1.82) is 0 Å². The van der Waals surface area contributed by atoms with Crippen LogP contribution in [0, 0.1) is 0 Å². The van der Waals surface area contributed by atoms with Gasteiger partial charge in [-0.1, -0.05) is 6.07 Å². The molecule has 1 saturated carbocycles. The van der Waals surface area contributed by atoms with Crippen molar-refractivity contribution in [2.75, 3.05) is 0 Å². The second kappa shape index (κ2) is 5.61. The van der Waals surface area contributed by atoms with Crippen molar-refractivity contribution in [3.05, 3.63) is 36.2 Å². The molecule has 1 amide bonds. The van der Waals surface area contributed by atoms with Gasteiger partial charge < -0.3 is 15.4 Å². The van der Waals surface area contributed by atoms with Gasteiger partial charge in [-0.2, -0.15) is 5.10 Å². The molecule has 2 aromatic heterocycles. The minimum atomic E-state index is -0.459. The zero-order valence-corrected chi connectivity index (χ0v) is 13.2. The molecule has 1 fully saturated rings. The van der Waals surface area contributed by atoms with Crippen molar-refractivity contribution in [2.45, 2.75) is 51.4 Å². The molecule has 0 radical (unpaired) electrons. The predicted octanol–water partition coefficient (Wildman–Crippen LogP) is 2.09. The molecule has 0 aromatic carbocycles. The van der Waals surface area contributed by atoms with Gasteiger partial charge in [0.15, 0.2) is 0 Å². The fourth-order valence-electron chi connectivity index (χ4n) is 2.40. The van der Waals surface area contributed by atoms with E-state index in [9.17, 15) is 4.79 Å². The van der Waals surface area contributed by atoms with Crippen LogP contribution in [0.4, 0.5) is 4.79 Å². The molecule has 2 N–H and O–H groups in total. The molecule has 0 bridgehead atoms. The lowest BCUT2D eigenvalue weighted by atomic mass is 10.2. The quantitative estimate of drug-likeness (QED) is 0.907. The van der Waals surface area contributed by atoms with E-state index in [-0.39, 0.29) is 12.1 Å². The lowest BCUT2D eigenvalue weighted by Crippen LogP contribution is -2.36. The van der Waals surface area contributed by atoms with Crippen molar-refractivity contribution < 1.29 is 9.53 Å². The largest absolute Gasteiger partial charge is 0.444 e. The summed E-state index contributed by atoms with van der Waals surface area (Å²) in [5, 5.41) is 10.6. The Hall–Kier alpha value is -2.08. The van der Waals surface area contributed by atoms with Crippen molar-refractivity contribution in [3.63, 3.8) is 0 Å². The maximum Gasteiger partial charge on any atom is 0.407 e. The third-order valence-electron chi connectivity index (χ3n) is 3.55. The number of aromatic nitrogens is 2. The van der Waals surface area contributed by atoms with Crippen molar-refractivity contribution in [1.82, 2.24) is 20.2 Å². The van der Waals surface area contributed by atoms with Crippen LogP contribution < -0.4 is 10.6 Å². The summed E-state index contributed by atoms with van der Waals surface area (Å²) in [5.41, 5.74) is 1.80. The molecule has 118 valence electrons. The Bertz CT molecular complexity index is 674. The van der Waals surface area contributed by atoms with E-state index in [2.05, 4.69) is 15.7 Å². The lowest BCUT2D eigenvalue weighted by molar-refractivity contribution is 0.0522. The van der Waals surface area contributed by atoms with Gasteiger partial charge in [-0.3, -0.25) is 0 Å². The van der Waals surface area contributed by atoms with Crippen LogP contribution in [-0.2, 0) is 11.3 Å². The first kappa shape index (κ1) is 14.8. The minimum absolute atomic E-state index is 0.150. The van der Waals surface area contributed by atoms with Crippen LogP contribution >= 0.6 is 0 Å². The number of hydrogen-bond donors (Lipinski definition) is 2. The van der Waals surface area contributed by atoms with Gasteiger partial charge in [-0.25, -0.2) is 9.31 Å². The minimum Gasteiger partial charge on any atom is -0.444 e. The summed E-state index contributed by atoms with van der Waals surface area (Å²) < 4.78 is 7.12. The SMILES string of the molecule is CC(C)(C)OC(=O)NC1CC1NCc1cnn2ccccc12. The number of carbonyl (C=O) groups is 1. The number of rotatable bonds is 4. The molecular formula is C16H22N4O2. The molecule has 2 heterocycles. The smallest absolute Gasteiger partial charge is 0.407 e. The van der Waals surface area contributed by atoms with E-state index >= 15 is 0 Å². The molecule has 0 aliphatic heterocycles. The summed E-state index contributed by atoms with van der Waals surface area (Å²) in [6, 6.07) is 6.46. The van der Waals surface area contributed by atoms with Gasteiger partial charge in [0.2, 0.25) is 0 Å². The fraction of sp³-hybridized carbons (Fsp3) is 0.500. The van der Waals surface area contributed by atoms with Crippen molar-refractivity contribution >= 4 is 11.6 Å². The summed E-state index contributed by atoms with van der Waals surface area (Å²) in [6.45, 7) is 6.33. The lowest BCUT2D eigenvalue weighted by Gasteiger charge is -2.19. The van der Waals surface area contributed by atoms with Crippen LogP contribution in [0.2, 0.25) is 0 Å². The molecule has 3 rings (SSSR count). The standard InChI is InChI=1S/C16H22N4O2/c1-16(2,3)22-15(21)19-13-8-12(13)17-9-11-10-18-20-7-5-4-6-14(11)20/h4-7,10,12-13,17H,8-9H2,1-3H3,(H,19,21). The third kappa shape index (κ3) is 3.57. The molecule has 6 heteroatoms. The number of amides is 1. The Balaban J connectivity index is 1.47. The van der Waals surface area contributed by atoms with Gasteiger partial charge in [-0.05, 0) is 39.3 Å². The average Bonchev–Trinajstić information content (AvgIpc) is 3.02. The van der Waals surface area contributed by atoms with E-state index < -0.39 is 5.60 Å². The Morgan fingerprint density at radius 2 is 2.23 bits per heavy atom. The highest BCUT2D eigenvalue weighted by molar-refractivity contribution is 5.68. The zero-order chi connectivity index (χ0) is 15.7. The first-order valence-corrected chi connectivity index (χ1v) is 7.56. The Morgan fingerprint density at radius 3 is 3.00 bits per heavy atom. The molecule has 0 saturated heterocycles. The average molecular weight is 302 g/mol. The first-order chi connectivity index (χ1) is 10.4. The van der Waals surface area contributed by atoms with Gasteiger partial charge in [0.05, 0.1) is 11.7 Å². The van der Waals surface area contributed by atoms with E-state index in [0.717, 1.165) is 24.0 Å². The molecular weight excluding hydrogens is 280 g/mol. The Morgan fingerprint density at radius 1 is 1.41 bits per heavy atom. The highest BCUT2D eigenvalue weighted by Crippen LogP contribution is 2.23. The van der Waals surface area contributed by atoms with Crippen LogP contribution in [0.5, 0.6) is 0 Å². The molecule has 1 aliphatic rings. The maximum atomic E-state index is 11.7. The summed E-state index contributed by atoms with van der Waals surface area (Å²) in [6.07, 6.45) is 4.39. The molecule has 2 unspecified atom stereocenters.